The number of carbonyl (C=O) groups excluding carboxylic acids is 1. The van der Waals surface area contributed by atoms with Gasteiger partial charge in [-0.3, -0.25) is 14.8 Å². The number of alkyl halides is 2. The van der Waals surface area contributed by atoms with Crippen LogP contribution in [0, 0.1) is 6.92 Å². The van der Waals surface area contributed by atoms with Crippen LogP contribution in [-0.4, -0.2) is 20.7 Å². The summed E-state index contributed by atoms with van der Waals surface area (Å²) < 4.78 is 32.2. The number of halogens is 2. The standard InChI is InChI=1S/C20H17F2N3O2/c1-13-8-17(27-16-4-3-7-23-12-16)10-18(25-13)19(26)9-15-6-5-14(11-24-15)20(2,21)22/h3-8,10-12H,9H2,1-2H3. The molecule has 0 N–H and O–H groups in total. The smallest absolute Gasteiger partial charge is 0.272 e. The van der Waals surface area contributed by atoms with Crippen molar-refractivity contribution < 1.29 is 18.3 Å². The monoisotopic (exact) mass is 369 g/mol. The topological polar surface area (TPSA) is 65.0 Å². The van der Waals surface area contributed by atoms with Gasteiger partial charge in [0, 0.05) is 48.4 Å². The highest BCUT2D eigenvalue weighted by Gasteiger charge is 2.24. The van der Waals surface area contributed by atoms with Crippen LogP contribution in [0.2, 0.25) is 0 Å². The maximum absolute atomic E-state index is 13.2. The first kappa shape index (κ1) is 18.6. The van der Waals surface area contributed by atoms with Gasteiger partial charge in [-0.05, 0) is 31.2 Å². The Bertz CT molecular complexity index is 940. The number of rotatable bonds is 6. The third kappa shape index (κ3) is 4.91. The summed E-state index contributed by atoms with van der Waals surface area (Å²) in [6.45, 7) is 2.55. The van der Waals surface area contributed by atoms with Crippen LogP contribution in [0.4, 0.5) is 8.78 Å². The number of aryl methyl sites for hydroxylation is 1. The van der Waals surface area contributed by atoms with Gasteiger partial charge in [-0.2, -0.15) is 0 Å². The Kier molecular flexibility index (Phi) is 5.21. The van der Waals surface area contributed by atoms with Crippen LogP contribution in [0.15, 0.2) is 55.0 Å². The van der Waals surface area contributed by atoms with Crippen LogP contribution in [0.1, 0.15) is 34.4 Å². The van der Waals surface area contributed by atoms with Gasteiger partial charge in [0.25, 0.3) is 5.92 Å². The van der Waals surface area contributed by atoms with E-state index in [1.165, 1.54) is 18.2 Å². The number of hydrogen-bond acceptors (Lipinski definition) is 5. The Morgan fingerprint density at radius 2 is 1.96 bits per heavy atom. The summed E-state index contributed by atoms with van der Waals surface area (Å²) in [4.78, 5) is 24.7. The summed E-state index contributed by atoms with van der Waals surface area (Å²) in [5, 5.41) is 0. The molecule has 0 saturated heterocycles. The van der Waals surface area contributed by atoms with Crippen molar-refractivity contribution in [1.82, 2.24) is 15.0 Å². The average molecular weight is 369 g/mol. The molecule has 0 aliphatic heterocycles. The molecule has 0 unspecified atom stereocenters. The van der Waals surface area contributed by atoms with Crippen molar-refractivity contribution in [3.05, 3.63) is 77.6 Å². The normalized spacial score (nSPS) is 11.3. The number of Topliss-reactive ketones (excluding diaryl/α,β-unsaturated/α-hetero) is 1. The highest BCUT2D eigenvalue weighted by atomic mass is 19.3. The van der Waals surface area contributed by atoms with Crippen LogP contribution in [-0.2, 0) is 12.3 Å². The van der Waals surface area contributed by atoms with Crippen molar-refractivity contribution in [2.24, 2.45) is 0 Å². The molecule has 138 valence electrons. The van der Waals surface area contributed by atoms with Gasteiger partial charge in [-0.15, -0.1) is 0 Å². The SMILES string of the molecule is Cc1cc(Oc2cccnc2)cc(C(=O)Cc2ccc(C(C)(F)F)cn2)n1. The second kappa shape index (κ2) is 7.57. The first-order valence-corrected chi connectivity index (χ1v) is 8.24. The summed E-state index contributed by atoms with van der Waals surface area (Å²) in [6, 6.07) is 9.44. The number of ether oxygens (including phenoxy) is 1. The quantitative estimate of drug-likeness (QED) is 0.598. The van der Waals surface area contributed by atoms with Crippen LogP contribution in [0.3, 0.4) is 0 Å². The number of nitrogens with zero attached hydrogens (tertiary/aromatic N) is 3. The van der Waals surface area contributed by atoms with Gasteiger partial charge in [-0.1, -0.05) is 0 Å². The van der Waals surface area contributed by atoms with E-state index in [1.807, 2.05) is 0 Å². The van der Waals surface area contributed by atoms with E-state index in [9.17, 15) is 13.6 Å². The first-order chi connectivity index (χ1) is 12.8. The van der Waals surface area contributed by atoms with Crippen molar-refractivity contribution in [3.63, 3.8) is 0 Å². The molecule has 3 aromatic heterocycles. The van der Waals surface area contributed by atoms with E-state index in [1.54, 1.807) is 37.5 Å². The molecule has 5 nitrogen and oxygen atoms in total. The van der Waals surface area contributed by atoms with Crippen LogP contribution in [0.25, 0.3) is 0 Å². The lowest BCUT2D eigenvalue weighted by molar-refractivity contribution is 0.0171. The fraction of sp³-hybridized carbons (Fsp3) is 0.200. The van der Waals surface area contributed by atoms with Crippen LogP contribution < -0.4 is 4.74 Å². The lowest BCUT2D eigenvalue weighted by Crippen LogP contribution is -2.11. The number of pyridine rings is 3. The molecule has 0 aromatic carbocycles. The zero-order valence-electron chi connectivity index (χ0n) is 14.8. The van der Waals surface area contributed by atoms with Crippen molar-refractivity contribution >= 4 is 5.78 Å². The summed E-state index contributed by atoms with van der Waals surface area (Å²) in [5.74, 6) is -2.24. The van der Waals surface area contributed by atoms with Gasteiger partial charge in [0.05, 0.1) is 12.6 Å². The minimum atomic E-state index is -2.97. The maximum atomic E-state index is 13.2. The molecule has 0 bridgehead atoms. The zero-order chi connectivity index (χ0) is 19.4. The fourth-order valence-electron chi connectivity index (χ4n) is 2.43. The molecule has 0 amide bonds. The largest absolute Gasteiger partial charge is 0.456 e. The van der Waals surface area contributed by atoms with Gasteiger partial charge in [0.2, 0.25) is 0 Å². The zero-order valence-corrected chi connectivity index (χ0v) is 14.8. The molecular formula is C20H17F2N3O2. The van der Waals surface area contributed by atoms with E-state index in [-0.39, 0.29) is 23.5 Å². The fourth-order valence-corrected chi connectivity index (χ4v) is 2.43. The number of aromatic nitrogens is 3. The Morgan fingerprint density at radius 3 is 2.59 bits per heavy atom. The minimum Gasteiger partial charge on any atom is -0.456 e. The van der Waals surface area contributed by atoms with Crippen molar-refractivity contribution in [3.8, 4) is 11.5 Å². The number of hydrogen-bond donors (Lipinski definition) is 0. The summed E-state index contributed by atoms with van der Waals surface area (Å²) >= 11 is 0. The van der Waals surface area contributed by atoms with E-state index in [2.05, 4.69) is 15.0 Å². The van der Waals surface area contributed by atoms with Crippen LogP contribution in [0.5, 0.6) is 11.5 Å². The lowest BCUT2D eigenvalue weighted by Gasteiger charge is -2.10. The molecule has 0 aliphatic carbocycles. The van der Waals surface area contributed by atoms with Crippen molar-refractivity contribution in [2.75, 3.05) is 0 Å². The predicted octanol–water partition coefficient (Wildman–Crippen LogP) is 4.51. The molecule has 0 saturated carbocycles. The molecule has 0 atom stereocenters. The molecule has 3 heterocycles. The van der Waals surface area contributed by atoms with Gasteiger partial charge >= 0.3 is 0 Å². The minimum absolute atomic E-state index is 0.0433. The highest BCUT2D eigenvalue weighted by Crippen LogP contribution is 2.26. The molecule has 0 spiro atoms. The van der Waals surface area contributed by atoms with Gasteiger partial charge < -0.3 is 4.74 Å². The van der Waals surface area contributed by atoms with E-state index in [0.717, 1.165) is 13.1 Å². The Balaban J connectivity index is 1.76. The first-order valence-electron chi connectivity index (χ1n) is 8.24. The van der Waals surface area contributed by atoms with Gasteiger partial charge in [0.15, 0.2) is 5.78 Å². The third-order valence-corrected chi connectivity index (χ3v) is 3.76. The molecule has 0 fully saturated rings. The van der Waals surface area contributed by atoms with Gasteiger partial charge in [-0.25, -0.2) is 13.8 Å². The maximum Gasteiger partial charge on any atom is 0.272 e. The van der Waals surface area contributed by atoms with E-state index in [4.69, 9.17) is 4.74 Å². The van der Waals surface area contributed by atoms with Crippen molar-refractivity contribution in [1.29, 1.82) is 0 Å². The van der Waals surface area contributed by atoms with E-state index < -0.39 is 5.92 Å². The third-order valence-electron chi connectivity index (χ3n) is 3.76. The molecule has 3 aromatic rings. The van der Waals surface area contributed by atoms with Crippen molar-refractivity contribution in [2.45, 2.75) is 26.2 Å². The highest BCUT2D eigenvalue weighted by molar-refractivity contribution is 5.95. The van der Waals surface area contributed by atoms with E-state index in [0.29, 0.717) is 22.9 Å². The molecule has 7 heteroatoms. The molecule has 27 heavy (non-hydrogen) atoms. The Labute approximate surface area is 155 Å². The molecular weight excluding hydrogens is 352 g/mol. The second-order valence-electron chi connectivity index (χ2n) is 6.15. The molecule has 0 radical (unpaired) electrons. The van der Waals surface area contributed by atoms with Gasteiger partial charge in [0.1, 0.15) is 17.2 Å². The predicted molar refractivity (Wildman–Crippen MR) is 95.1 cm³/mol. The summed E-state index contributed by atoms with van der Waals surface area (Å²) in [7, 11) is 0. The number of carbonyl (C=O) groups is 1. The summed E-state index contributed by atoms with van der Waals surface area (Å²) in [6.07, 6.45) is 4.24. The molecule has 0 aliphatic rings. The van der Waals surface area contributed by atoms with Crippen LogP contribution >= 0.6 is 0 Å². The second-order valence-corrected chi connectivity index (χ2v) is 6.15. The number of ketones is 1. The van der Waals surface area contributed by atoms with E-state index >= 15 is 0 Å². The lowest BCUT2D eigenvalue weighted by atomic mass is 10.1. The molecule has 3 rings (SSSR count). The summed E-state index contributed by atoms with van der Waals surface area (Å²) in [5.41, 5.74) is 1.04. The Hall–Kier alpha value is -3.22. The average Bonchev–Trinajstić information content (AvgIpc) is 2.62. The Morgan fingerprint density at radius 1 is 1.15 bits per heavy atom.